The minimum absolute atomic E-state index is 0.171. The van der Waals surface area contributed by atoms with E-state index in [4.69, 9.17) is 0 Å². The monoisotopic (exact) mass is 453 g/mol. The highest BCUT2D eigenvalue weighted by atomic mass is 32.2. The van der Waals surface area contributed by atoms with Crippen molar-refractivity contribution in [2.75, 3.05) is 19.6 Å². The largest absolute Gasteiger partial charge is 0.328 e. The fourth-order valence-electron chi connectivity index (χ4n) is 4.79. The van der Waals surface area contributed by atoms with Crippen LogP contribution in [0.4, 0.5) is 0 Å². The average molecular weight is 454 g/mol. The molecule has 2 aliphatic heterocycles. The van der Waals surface area contributed by atoms with E-state index < -0.39 is 10.0 Å². The molecule has 1 amide bonds. The highest BCUT2D eigenvalue weighted by Gasteiger charge is 2.35. The summed E-state index contributed by atoms with van der Waals surface area (Å²) in [4.78, 5) is 15.5. The Morgan fingerprint density at radius 1 is 1.00 bits per heavy atom. The summed E-state index contributed by atoms with van der Waals surface area (Å²) in [5.41, 5.74) is 1.80. The zero-order chi connectivity index (χ0) is 22.3. The summed E-state index contributed by atoms with van der Waals surface area (Å²) in [5.74, 6) is 0.565. The van der Waals surface area contributed by atoms with Gasteiger partial charge in [0.05, 0.1) is 10.9 Å². The third kappa shape index (κ3) is 3.59. The molecule has 0 unspecified atom stereocenters. The molecule has 0 spiro atoms. The first-order valence-corrected chi connectivity index (χ1v) is 12.6. The molecule has 1 atom stereocenters. The molecule has 1 aromatic carbocycles. The third-order valence-corrected chi connectivity index (χ3v) is 8.56. The number of carbonyl (C=O) groups excluding carboxylic acids is 1. The molecule has 0 N–H and O–H groups in total. The van der Waals surface area contributed by atoms with E-state index in [2.05, 4.69) is 10.2 Å². The topological polar surface area (TPSA) is 87.9 Å². The molecule has 5 rings (SSSR count). The maximum atomic E-state index is 13.5. The van der Waals surface area contributed by atoms with Gasteiger partial charge in [0.1, 0.15) is 0 Å². The first-order chi connectivity index (χ1) is 15.5. The Labute approximate surface area is 187 Å². The van der Waals surface area contributed by atoms with Gasteiger partial charge < -0.3 is 4.90 Å². The van der Waals surface area contributed by atoms with Crippen molar-refractivity contribution in [2.45, 2.75) is 50.0 Å². The number of carbonyl (C=O) groups is 1. The van der Waals surface area contributed by atoms with E-state index in [1.165, 1.54) is 0 Å². The normalized spacial score (nSPS) is 20.2. The van der Waals surface area contributed by atoms with Crippen molar-refractivity contribution in [2.24, 2.45) is 0 Å². The van der Waals surface area contributed by atoms with E-state index in [1.54, 1.807) is 34.3 Å². The number of hydrogen-bond acceptors (Lipinski definition) is 5. The molecule has 0 radical (unpaired) electrons. The van der Waals surface area contributed by atoms with Crippen molar-refractivity contribution in [1.82, 2.24) is 23.8 Å². The van der Waals surface area contributed by atoms with Crippen LogP contribution in [-0.2, 0) is 10.0 Å². The summed E-state index contributed by atoms with van der Waals surface area (Å²) in [6, 6.07) is 10.5. The molecule has 2 aromatic heterocycles. The maximum Gasteiger partial charge on any atom is 0.254 e. The second-order valence-corrected chi connectivity index (χ2v) is 10.5. The van der Waals surface area contributed by atoms with Crippen molar-refractivity contribution in [3.63, 3.8) is 0 Å². The standard InChI is InChI=1S/C23H27N5O3S/c1-17-10-11-18(16-20(17)32(30,31)26-12-4-2-5-13-26)23(29)27-15-7-8-19(27)22-25-24-21-9-3-6-14-28(21)22/h3,6,9-11,14,16,19H,2,4-5,7-8,12-13,15H2,1H3/t19-/m1/s1. The van der Waals surface area contributed by atoms with Crippen molar-refractivity contribution in [3.05, 3.63) is 59.5 Å². The molecule has 2 fully saturated rings. The highest BCUT2D eigenvalue weighted by molar-refractivity contribution is 7.89. The van der Waals surface area contributed by atoms with Crippen LogP contribution in [0.1, 0.15) is 59.9 Å². The number of nitrogens with zero attached hydrogens (tertiary/aromatic N) is 5. The molecule has 9 heteroatoms. The van der Waals surface area contributed by atoms with Crippen molar-refractivity contribution in [1.29, 1.82) is 0 Å². The lowest BCUT2D eigenvalue weighted by molar-refractivity contribution is 0.0729. The summed E-state index contributed by atoms with van der Waals surface area (Å²) in [5, 5.41) is 8.58. The highest BCUT2D eigenvalue weighted by Crippen LogP contribution is 2.33. The van der Waals surface area contributed by atoms with Crippen LogP contribution < -0.4 is 0 Å². The van der Waals surface area contributed by atoms with E-state index in [0.717, 1.165) is 43.6 Å². The van der Waals surface area contributed by atoms with E-state index in [-0.39, 0.29) is 16.8 Å². The lowest BCUT2D eigenvalue weighted by atomic mass is 10.1. The molecule has 0 saturated carbocycles. The molecular weight excluding hydrogens is 426 g/mol. The van der Waals surface area contributed by atoms with Gasteiger partial charge in [0.25, 0.3) is 5.91 Å². The first kappa shape index (κ1) is 21.1. The second kappa shape index (κ2) is 8.29. The Bertz CT molecular complexity index is 1260. The van der Waals surface area contributed by atoms with Crippen molar-refractivity contribution < 1.29 is 13.2 Å². The lowest BCUT2D eigenvalue weighted by Gasteiger charge is -2.27. The number of piperidine rings is 1. The van der Waals surface area contributed by atoms with E-state index in [0.29, 0.717) is 30.8 Å². The Hall–Kier alpha value is -2.78. The summed E-state index contributed by atoms with van der Waals surface area (Å²) in [7, 11) is -3.62. The predicted octanol–water partition coefficient (Wildman–Crippen LogP) is 3.19. The summed E-state index contributed by atoms with van der Waals surface area (Å²) >= 11 is 0. The number of benzene rings is 1. The van der Waals surface area contributed by atoms with Gasteiger partial charge in [-0.25, -0.2) is 8.42 Å². The summed E-state index contributed by atoms with van der Waals surface area (Å²) in [6.07, 6.45) is 6.37. The smallest absolute Gasteiger partial charge is 0.254 e. The fraction of sp³-hybridized carbons (Fsp3) is 0.435. The van der Waals surface area contributed by atoms with Crippen LogP contribution in [0, 0.1) is 6.92 Å². The molecule has 2 saturated heterocycles. The van der Waals surface area contributed by atoms with Gasteiger partial charge in [0, 0.05) is 31.4 Å². The van der Waals surface area contributed by atoms with Gasteiger partial charge in [-0.05, 0) is 62.4 Å². The number of rotatable bonds is 4. The van der Waals surface area contributed by atoms with Crippen molar-refractivity contribution >= 4 is 21.6 Å². The fourth-order valence-corrected chi connectivity index (χ4v) is 6.55. The van der Waals surface area contributed by atoms with Gasteiger partial charge in [-0.3, -0.25) is 9.20 Å². The second-order valence-electron chi connectivity index (χ2n) is 8.59. The number of likely N-dealkylation sites (tertiary alicyclic amines) is 1. The number of sulfonamides is 1. The zero-order valence-corrected chi connectivity index (χ0v) is 19.0. The van der Waals surface area contributed by atoms with E-state index >= 15 is 0 Å². The summed E-state index contributed by atoms with van der Waals surface area (Å²) in [6.45, 7) is 3.46. The van der Waals surface area contributed by atoms with E-state index in [1.807, 2.05) is 28.8 Å². The molecule has 4 heterocycles. The number of amides is 1. The molecule has 2 aliphatic rings. The van der Waals surface area contributed by atoms with Gasteiger partial charge in [-0.2, -0.15) is 4.31 Å². The number of pyridine rings is 1. The average Bonchev–Trinajstić information content (AvgIpc) is 3.46. The first-order valence-electron chi connectivity index (χ1n) is 11.2. The predicted molar refractivity (Wildman–Crippen MR) is 120 cm³/mol. The quantitative estimate of drug-likeness (QED) is 0.605. The van der Waals surface area contributed by atoms with Gasteiger partial charge in [0.15, 0.2) is 11.5 Å². The zero-order valence-electron chi connectivity index (χ0n) is 18.1. The van der Waals surface area contributed by atoms with Gasteiger partial charge in [0.2, 0.25) is 10.0 Å². The van der Waals surface area contributed by atoms with Crippen LogP contribution >= 0.6 is 0 Å². The molecule has 3 aromatic rings. The summed E-state index contributed by atoms with van der Waals surface area (Å²) < 4.78 is 30.0. The number of fused-ring (bicyclic) bond motifs is 1. The Balaban J connectivity index is 1.47. The van der Waals surface area contributed by atoms with Crippen molar-refractivity contribution in [3.8, 4) is 0 Å². The van der Waals surface area contributed by atoms with Gasteiger partial charge >= 0.3 is 0 Å². The van der Waals surface area contributed by atoms with Crippen LogP contribution in [-0.4, -0.2) is 57.8 Å². The van der Waals surface area contributed by atoms with Gasteiger partial charge in [-0.1, -0.05) is 18.6 Å². The number of aromatic nitrogens is 3. The van der Waals surface area contributed by atoms with Gasteiger partial charge in [-0.15, -0.1) is 10.2 Å². The molecule has 32 heavy (non-hydrogen) atoms. The van der Waals surface area contributed by atoms with Crippen LogP contribution in [0.15, 0.2) is 47.5 Å². The SMILES string of the molecule is Cc1ccc(C(=O)N2CCC[C@@H]2c2nnc3ccccn23)cc1S(=O)(=O)N1CCCCC1. The molecule has 0 aliphatic carbocycles. The Kier molecular flexibility index (Phi) is 5.46. The number of aryl methyl sites for hydroxylation is 1. The maximum absolute atomic E-state index is 13.5. The molecule has 8 nitrogen and oxygen atoms in total. The molecule has 0 bridgehead atoms. The van der Waals surface area contributed by atoms with Crippen LogP contribution in [0.3, 0.4) is 0 Å². The Morgan fingerprint density at radius 3 is 2.62 bits per heavy atom. The van der Waals surface area contributed by atoms with Crippen LogP contribution in [0.2, 0.25) is 0 Å². The molecule has 168 valence electrons. The third-order valence-electron chi connectivity index (χ3n) is 6.52. The minimum atomic E-state index is -3.62. The minimum Gasteiger partial charge on any atom is -0.328 e. The Morgan fingerprint density at radius 2 is 1.81 bits per heavy atom. The molecular formula is C23H27N5O3S. The van der Waals surface area contributed by atoms with Crippen LogP contribution in [0.25, 0.3) is 5.65 Å². The lowest BCUT2D eigenvalue weighted by Crippen LogP contribution is -2.36. The van der Waals surface area contributed by atoms with E-state index in [9.17, 15) is 13.2 Å². The number of hydrogen-bond donors (Lipinski definition) is 0. The van der Waals surface area contributed by atoms with Crippen LogP contribution in [0.5, 0.6) is 0 Å².